The molecule has 12 heavy (non-hydrogen) atoms. The zero-order valence-electron chi connectivity index (χ0n) is 6.21. The maximum atomic E-state index is 5.48. The molecule has 2 aromatic rings. The highest BCUT2D eigenvalue weighted by atomic mass is 79.9. The van der Waals surface area contributed by atoms with Gasteiger partial charge in [0.25, 0.3) is 0 Å². The minimum Gasteiger partial charge on any atom is -0.325 e. The number of nitrogens with one attached hydrogen (secondary N) is 1. The van der Waals surface area contributed by atoms with Crippen molar-refractivity contribution in [3.63, 3.8) is 0 Å². The number of H-pyrrole nitrogens is 1. The highest BCUT2D eigenvalue weighted by Gasteiger charge is 2.04. The Bertz CT molecular complexity index is 409. The lowest BCUT2D eigenvalue weighted by atomic mass is 10.3. The Labute approximate surface area is 77.3 Å². The van der Waals surface area contributed by atoms with Crippen LogP contribution < -0.4 is 5.73 Å². The van der Waals surface area contributed by atoms with E-state index in [0.717, 1.165) is 21.2 Å². The van der Waals surface area contributed by atoms with Crippen LogP contribution in [0.4, 0.5) is 0 Å². The van der Waals surface area contributed by atoms with Crippen LogP contribution in [0.5, 0.6) is 0 Å². The third kappa shape index (κ3) is 1.11. The first-order valence-electron chi connectivity index (χ1n) is 3.50. The first-order valence-corrected chi connectivity index (χ1v) is 4.29. The maximum Gasteiger partial charge on any atom is 0.113 e. The first kappa shape index (κ1) is 7.70. The Morgan fingerprint density at radius 3 is 3.17 bits per heavy atom. The van der Waals surface area contributed by atoms with E-state index in [1.807, 2.05) is 6.07 Å². The highest BCUT2D eigenvalue weighted by molar-refractivity contribution is 9.10. The van der Waals surface area contributed by atoms with Gasteiger partial charge in [0, 0.05) is 17.2 Å². The molecule has 62 valence electrons. The predicted octanol–water partition coefficient (Wildman–Crippen LogP) is 1.18. The number of fused-ring (bicyclic) bond motifs is 1. The molecule has 2 heterocycles. The molecule has 3 N–H and O–H groups in total. The molecule has 2 rings (SSSR count). The van der Waals surface area contributed by atoms with Crippen molar-refractivity contribution >= 4 is 27.0 Å². The van der Waals surface area contributed by atoms with E-state index in [-0.39, 0.29) is 0 Å². The SMILES string of the molecule is NCc1[nH]nc2cc(Br)cnc12. The van der Waals surface area contributed by atoms with Gasteiger partial charge in [0.2, 0.25) is 0 Å². The maximum absolute atomic E-state index is 5.48. The van der Waals surface area contributed by atoms with Crippen LogP contribution in [-0.4, -0.2) is 15.2 Å². The summed E-state index contributed by atoms with van der Waals surface area (Å²) in [5, 5.41) is 6.89. The molecule has 0 saturated carbocycles. The number of aromatic amines is 1. The zero-order chi connectivity index (χ0) is 8.55. The molecular formula is C7H7BrN4. The van der Waals surface area contributed by atoms with Gasteiger partial charge in [-0.25, -0.2) is 0 Å². The molecule has 5 heteroatoms. The number of halogens is 1. The zero-order valence-corrected chi connectivity index (χ0v) is 7.80. The summed E-state index contributed by atoms with van der Waals surface area (Å²) < 4.78 is 0.921. The molecular weight excluding hydrogens is 220 g/mol. The smallest absolute Gasteiger partial charge is 0.113 e. The summed E-state index contributed by atoms with van der Waals surface area (Å²) in [5.41, 5.74) is 8.03. The minimum absolute atomic E-state index is 0.436. The van der Waals surface area contributed by atoms with Crippen LogP contribution in [0.15, 0.2) is 16.7 Å². The van der Waals surface area contributed by atoms with Gasteiger partial charge in [0.15, 0.2) is 0 Å². The number of hydrogen-bond acceptors (Lipinski definition) is 3. The molecule has 0 aliphatic carbocycles. The molecule has 0 spiro atoms. The summed E-state index contributed by atoms with van der Waals surface area (Å²) >= 11 is 3.32. The number of aromatic nitrogens is 3. The standard InChI is InChI=1S/C7H7BrN4/c8-4-1-5-7(10-3-4)6(2-9)12-11-5/h1,3H,2,9H2,(H,11,12). The van der Waals surface area contributed by atoms with Gasteiger partial charge >= 0.3 is 0 Å². The third-order valence-corrected chi connectivity index (χ3v) is 2.07. The van der Waals surface area contributed by atoms with E-state index in [1.54, 1.807) is 6.20 Å². The third-order valence-electron chi connectivity index (χ3n) is 1.64. The first-order chi connectivity index (χ1) is 5.81. The van der Waals surface area contributed by atoms with E-state index in [4.69, 9.17) is 5.73 Å². The Hall–Kier alpha value is -0.940. The van der Waals surface area contributed by atoms with Gasteiger partial charge in [-0.3, -0.25) is 10.1 Å². The molecule has 0 radical (unpaired) electrons. The fraction of sp³-hybridized carbons (Fsp3) is 0.143. The van der Waals surface area contributed by atoms with Gasteiger partial charge < -0.3 is 5.73 Å². The summed E-state index contributed by atoms with van der Waals surface area (Å²) in [6.45, 7) is 0.436. The van der Waals surface area contributed by atoms with Crippen LogP contribution >= 0.6 is 15.9 Å². The van der Waals surface area contributed by atoms with Crippen LogP contribution in [0.3, 0.4) is 0 Å². The predicted molar refractivity (Wildman–Crippen MR) is 49.5 cm³/mol. The molecule has 2 aromatic heterocycles. The lowest BCUT2D eigenvalue weighted by molar-refractivity contribution is 0.956. The summed E-state index contributed by atoms with van der Waals surface area (Å²) in [5.74, 6) is 0. The summed E-state index contributed by atoms with van der Waals surface area (Å²) in [6, 6.07) is 1.90. The summed E-state index contributed by atoms with van der Waals surface area (Å²) in [4.78, 5) is 4.19. The van der Waals surface area contributed by atoms with E-state index in [1.165, 1.54) is 0 Å². The molecule has 0 aliphatic heterocycles. The van der Waals surface area contributed by atoms with E-state index in [9.17, 15) is 0 Å². The molecule has 0 aromatic carbocycles. The van der Waals surface area contributed by atoms with Gasteiger partial charge in [-0.15, -0.1) is 0 Å². The van der Waals surface area contributed by atoms with Crippen molar-refractivity contribution in [2.24, 2.45) is 5.73 Å². The normalized spacial score (nSPS) is 10.8. The largest absolute Gasteiger partial charge is 0.325 e. The van der Waals surface area contributed by atoms with Crippen molar-refractivity contribution in [1.82, 2.24) is 15.2 Å². The number of hydrogen-bond donors (Lipinski definition) is 2. The fourth-order valence-electron chi connectivity index (χ4n) is 1.07. The van der Waals surface area contributed by atoms with Gasteiger partial charge in [0.1, 0.15) is 11.0 Å². The van der Waals surface area contributed by atoms with Crippen molar-refractivity contribution in [2.45, 2.75) is 6.54 Å². The number of rotatable bonds is 1. The molecule has 0 saturated heterocycles. The second kappa shape index (κ2) is 2.84. The van der Waals surface area contributed by atoms with Crippen molar-refractivity contribution in [1.29, 1.82) is 0 Å². The molecule has 0 bridgehead atoms. The van der Waals surface area contributed by atoms with Crippen LogP contribution in [0.25, 0.3) is 11.0 Å². The van der Waals surface area contributed by atoms with Crippen LogP contribution in [0, 0.1) is 0 Å². The molecule has 0 aliphatic rings. The Balaban J connectivity index is 2.73. The summed E-state index contributed by atoms with van der Waals surface area (Å²) in [7, 11) is 0. The Morgan fingerprint density at radius 1 is 1.58 bits per heavy atom. The molecule has 0 atom stereocenters. The van der Waals surface area contributed by atoms with Crippen LogP contribution in [0.2, 0.25) is 0 Å². The van der Waals surface area contributed by atoms with Gasteiger partial charge in [-0.1, -0.05) is 0 Å². The lowest BCUT2D eigenvalue weighted by Gasteiger charge is -1.91. The van der Waals surface area contributed by atoms with E-state index in [0.29, 0.717) is 6.54 Å². The molecule has 4 nitrogen and oxygen atoms in total. The van der Waals surface area contributed by atoms with E-state index < -0.39 is 0 Å². The number of nitrogens with zero attached hydrogens (tertiary/aromatic N) is 2. The van der Waals surface area contributed by atoms with Crippen LogP contribution in [0.1, 0.15) is 5.69 Å². The topological polar surface area (TPSA) is 67.6 Å². The monoisotopic (exact) mass is 226 g/mol. The van der Waals surface area contributed by atoms with Gasteiger partial charge in [0.05, 0.1) is 5.69 Å². The molecule has 0 unspecified atom stereocenters. The van der Waals surface area contributed by atoms with Crippen molar-refractivity contribution in [3.8, 4) is 0 Å². The van der Waals surface area contributed by atoms with Gasteiger partial charge in [-0.2, -0.15) is 5.10 Å². The second-order valence-electron chi connectivity index (χ2n) is 2.43. The average Bonchev–Trinajstić information content (AvgIpc) is 2.46. The van der Waals surface area contributed by atoms with Gasteiger partial charge in [-0.05, 0) is 22.0 Å². The Kier molecular flexibility index (Phi) is 1.82. The quantitative estimate of drug-likeness (QED) is 0.768. The average molecular weight is 227 g/mol. The lowest BCUT2D eigenvalue weighted by Crippen LogP contribution is -1.97. The Morgan fingerprint density at radius 2 is 2.42 bits per heavy atom. The van der Waals surface area contributed by atoms with Crippen molar-refractivity contribution < 1.29 is 0 Å². The summed E-state index contributed by atoms with van der Waals surface area (Å²) in [6.07, 6.45) is 1.73. The molecule has 0 amide bonds. The van der Waals surface area contributed by atoms with Crippen molar-refractivity contribution in [3.05, 3.63) is 22.4 Å². The second-order valence-corrected chi connectivity index (χ2v) is 3.34. The molecule has 0 fully saturated rings. The number of pyridine rings is 1. The van der Waals surface area contributed by atoms with Crippen molar-refractivity contribution in [2.75, 3.05) is 0 Å². The fourth-order valence-corrected chi connectivity index (χ4v) is 1.39. The van der Waals surface area contributed by atoms with E-state index >= 15 is 0 Å². The van der Waals surface area contributed by atoms with E-state index in [2.05, 4.69) is 31.1 Å². The number of nitrogens with two attached hydrogens (primary N) is 1. The minimum atomic E-state index is 0.436. The highest BCUT2D eigenvalue weighted by Crippen LogP contribution is 2.16. The van der Waals surface area contributed by atoms with Crippen LogP contribution in [-0.2, 0) is 6.54 Å².